The number of esters is 4. The molecule has 0 saturated heterocycles. The molecule has 0 aliphatic rings. The van der Waals surface area contributed by atoms with E-state index < -0.39 is 34.7 Å². The Hall–Kier alpha value is -3.96. The fourth-order valence-corrected chi connectivity index (χ4v) is 2.73. The molecular weight excluding hydrogens is 500 g/mol. The summed E-state index contributed by atoms with van der Waals surface area (Å²) in [6.07, 6.45) is 5.23. The summed E-state index contributed by atoms with van der Waals surface area (Å²) in [4.78, 5) is 47.1. The van der Waals surface area contributed by atoms with Gasteiger partial charge in [-0.15, -0.1) is 0 Å². The van der Waals surface area contributed by atoms with Gasteiger partial charge >= 0.3 is 23.9 Å². The highest BCUT2D eigenvalue weighted by Gasteiger charge is 2.39. The molecule has 0 aromatic heterocycles. The second-order valence-electron chi connectivity index (χ2n) is 8.13. The van der Waals surface area contributed by atoms with Crippen molar-refractivity contribution in [3.05, 3.63) is 75.6 Å². The Morgan fingerprint density at radius 3 is 1.13 bits per heavy atom. The van der Waals surface area contributed by atoms with Crippen molar-refractivity contribution in [1.82, 2.24) is 0 Å². The zero-order chi connectivity index (χ0) is 29.0. The number of hydrogen-bond donors (Lipinski definition) is 0. The lowest BCUT2D eigenvalue weighted by atomic mass is 9.90. The SMILES string of the molecule is C=CC(=C)OCC(COC)(COCC(COC(=O)C=C)(COC(=O)C=C)COC(=O)C=C)COC(=O)C=C. The van der Waals surface area contributed by atoms with Crippen LogP contribution in [0.3, 0.4) is 0 Å². The lowest BCUT2D eigenvalue weighted by Crippen LogP contribution is -2.46. The highest BCUT2D eigenvalue weighted by Crippen LogP contribution is 2.26. The molecule has 0 aromatic carbocycles. The minimum absolute atomic E-state index is 0.0250. The standard InChI is InChI=1S/C27H36O11/c1-8-21(6)34-16-26(13-32-7,17-35-22(28)9-2)14-33-15-27(18-36-23(29)10-3,19-37-24(30)11-4)20-38-25(31)12-5/h8-12H,1-6,13-20H2,7H3. The smallest absolute Gasteiger partial charge is 0.330 e. The van der Waals surface area contributed by atoms with E-state index in [2.05, 4.69) is 39.5 Å². The topological polar surface area (TPSA) is 133 Å². The van der Waals surface area contributed by atoms with Crippen LogP contribution in [-0.2, 0) is 52.3 Å². The third-order valence-corrected chi connectivity index (χ3v) is 4.81. The summed E-state index contributed by atoms with van der Waals surface area (Å²) in [6.45, 7) is 19.0. The van der Waals surface area contributed by atoms with E-state index in [-0.39, 0.29) is 58.6 Å². The van der Waals surface area contributed by atoms with Gasteiger partial charge in [0.2, 0.25) is 0 Å². The molecule has 1 unspecified atom stereocenters. The van der Waals surface area contributed by atoms with Gasteiger partial charge in [-0.25, -0.2) is 19.2 Å². The number of allylic oxidation sites excluding steroid dienone is 1. The van der Waals surface area contributed by atoms with Crippen molar-refractivity contribution >= 4 is 23.9 Å². The minimum Gasteiger partial charge on any atom is -0.493 e. The zero-order valence-corrected chi connectivity index (χ0v) is 21.8. The van der Waals surface area contributed by atoms with Crippen LogP contribution in [-0.4, -0.2) is 83.8 Å². The van der Waals surface area contributed by atoms with E-state index in [1.54, 1.807) is 0 Å². The molecule has 0 aliphatic carbocycles. The van der Waals surface area contributed by atoms with Gasteiger partial charge in [-0.05, 0) is 6.08 Å². The molecule has 0 saturated carbocycles. The zero-order valence-electron chi connectivity index (χ0n) is 21.8. The first-order valence-corrected chi connectivity index (χ1v) is 11.2. The van der Waals surface area contributed by atoms with Gasteiger partial charge in [-0.3, -0.25) is 0 Å². The predicted octanol–water partition coefficient (Wildman–Crippen LogP) is 2.26. The molecule has 0 spiro atoms. The maximum Gasteiger partial charge on any atom is 0.330 e. The highest BCUT2D eigenvalue weighted by molar-refractivity contribution is 5.82. The van der Waals surface area contributed by atoms with Crippen molar-refractivity contribution in [3.63, 3.8) is 0 Å². The summed E-state index contributed by atoms with van der Waals surface area (Å²) < 4.78 is 37.7. The second kappa shape index (κ2) is 18.3. The quantitative estimate of drug-likeness (QED) is 0.0663. The number of rotatable bonds is 22. The molecule has 0 bridgehead atoms. The van der Waals surface area contributed by atoms with Crippen LogP contribution in [0.2, 0.25) is 0 Å². The molecule has 1 atom stereocenters. The molecule has 11 heteroatoms. The van der Waals surface area contributed by atoms with Gasteiger partial charge in [-0.1, -0.05) is 39.5 Å². The van der Waals surface area contributed by atoms with Gasteiger partial charge in [-0.2, -0.15) is 0 Å². The lowest BCUT2D eigenvalue weighted by molar-refractivity contribution is -0.166. The van der Waals surface area contributed by atoms with Crippen LogP contribution in [0.4, 0.5) is 0 Å². The Bertz CT molecular complexity index is 804. The molecular formula is C27H36O11. The molecule has 11 nitrogen and oxygen atoms in total. The fraction of sp³-hybridized carbons (Fsp3) is 0.407. The van der Waals surface area contributed by atoms with E-state index in [0.29, 0.717) is 0 Å². The first-order chi connectivity index (χ1) is 18.0. The van der Waals surface area contributed by atoms with Gasteiger partial charge < -0.3 is 33.2 Å². The van der Waals surface area contributed by atoms with Crippen molar-refractivity contribution in [3.8, 4) is 0 Å². The van der Waals surface area contributed by atoms with Crippen LogP contribution < -0.4 is 0 Å². The second-order valence-corrected chi connectivity index (χ2v) is 8.13. The molecule has 210 valence electrons. The molecule has 0 heterocycles. The normalized spacial score (nSPS) is 12.0. The van der Waals surface area contributed by atoms with E-state index in [1.807, 2.05) is 0 Å². The molecule has 0 aromatic rings. The van der Waals surface area contributed by atoms with Crippen molar-refractivity contribution in [2.24, 2.45) is 10.8 Å². The van der Waals surface area contributed by atoms with Gasteiger partial charge in [0.05, 0.1) is 30.7 Å². The van der Waals surface area contributed by atoms with Crippen LogP contribution in [0.15, 0.2) is 75.6 Å². The molecule has 0 radical (unpaired) electrons. The summed E-state index contributed by atoms with van der Waals surface area (Å²) >= 11 is 0. The maximum absolute atomic E-state index is 11.8. The molecule has 0 N–H and O–H groups in total. The summed E-state index contributed by atoms with van der Waals surface area (Å²) in [7, 11) is 1.44. The van der Waals surface area contributed by atoms with E-state index in [4.69, 9.17) is 33.2 Å². The third-order valence-electron chi connectivity index (χ3n) is 4.81. The lowest BCUT2D eigenvalue weighted by Gasteiger charge is -2.35. The van der Waals surface area contributed by atoms with Crippen LogP contribution in [0.5, 0.6) is 0 Å². The Balaban J connectivity index is 6.04. The van der Waals surface area contributed by atoms with E-state index in [0.717, 1.165) is 24.3 Å². The summed E-state index contributed by atoms with van der Waals surface area (Å²) in [5.74, 6) is -2.70. The highest BCUT2D eigenvalue weighted by atomic mass is 16.6. The number of hydrogen-bond acceptors (Lipinski definition) is 11. The largest absolute Gasteiger partial charge is 0.493 e. The van der Waals surface area contributed by atoms with E-state index >= 15 is 0 Å². The molecule has 0 fully saturated rings. The van der Waals surface area contributed by atoms with Gasteiger partial charge in [0.1, 0.15) is 38.8 Å². The maximum atomic E-state index is 11.8. The first-order valence-electron chi connectivity index (χ1n) is 11.2. The van der Waals surface area contributed by atoms with Crippen LogP contribution >= 0.6 is 0 Å². The van der Waals surface area contributed by atoms with Crippen molar-refractivity contribution in [2.45, 2.75) is 0 Å². The number of carbonyl (C=O) groups is 4. The van der Waals surface area contributed by atoms with Crippen molar-refractivity contribution in [2.75, 3.05) is 60.0 Å². The van der Waals surface area contributed by atoms with E-state index in [9.17, 15) is 19.2 Å². The number of carbonyl (C=O) groups excluding carboxylic acids is 4. The Labute approximate surface area is 223 Å². The number of methoxy groups -OCH3 is 1. The van der Waals surface area contributed by atoms with Gasteiger partial charge in [0, 0.05) is 31.4 Å². The number of ether oxygens (including phenoxy) is 7. The van der Waals surface area contributed by atoms with Crippen molar-refractivity contribution in [1.29, 1.82) is 0 Å². The van der Waals surface area contributed by atoms with Crippen LogP contribution in [0.25, 0.3) is 0 Å². The molecule has 0 rings (SSSR count). The third kappa shape index (κ3) is 13.4. The Morgan fingerprint density at radius 1 is 0.526 bits per heavy atom. The summed E-state index contributed by atoms with van der Waals surface area (Å²) in [5.41, 5.74) is -2.39. The van der Waals surface area contributed by atoms with Gasteiger partial charge in [0.25, 0.3) is 0 Å². The Kier molecular flexibility index (Phi) is 16.4. The minimum atomic E-state index is -1.35. The van der Waals surface area contributed by atoms with Crippen LogP contribution in [0.1, 0.15) is 0 Å². The average molecular weight is 537 g/mol. The summed E-state index contributed by atoms with van der Waals surface area (Å²) in [5, 5.41) is 0. The Morgan fingerprint density at radius 2 is 0.842 bits per heavy atom. The fourth-order valence-electron chi connectivity index (χ4n) is 2.73. The molecule has 0 amide bonds. The molecule has 0 aliphatic heterocycles. The first kappa shape index (κ1) is 34.0. The average Bonchev–Trinajstić information content (AvgIpc) is 2.94. The van der Waals surface area contributed by atoms with Gasteiger partial charge in [0.15, 0.2) is 0 Å². The van der Waals surface area contributed by atoms with Crippen molar-refractivity contribution < 1.29 is 52.3 Å². The molecule has 38 heavy (non-hydrogen) atoms. The predicted molar refractivity (Wildman–Crippen MR) is 137 cm³/mol. The van der Waals surface area contributed by atoms with Crippen LogP contribution in [0, 0.1) is 10.8 Å². The monoisotopic (exact) mass is 536 g/mol. The van der Waals surface area contributed by atoms with E-state index in [1.165, 1.54) is 13.2 Å². The summed E-state index contributed by atoms with van der Waals surface area (Å²) in [6, 6.07) is 0.